The number of anilines is 1. The van der Waals surface area contributed by atoms with Gasteiger partial charge in [-0.05, 0) is 56.7 Å². The molecular formula is C21H27N7O. The third-order valence-corrected chi connectivity index (χ3v) is 5.97. The highest BCUT2D eigenvalue weighted by Crippen LogP contribution is 2.19. The molecule has 0 aromatic carbocycles. The third-order valence-electron chi connectivity index (χ3n) is 5.97. The second-order valence-corrected chi connectivity index (χ2v) is 7.86. The zero-order valence-corrected chi connectivity index (χ0v) is 16.7. The molecule has 8 heteroatoms. The number of nitrogens with zero attached hydrogens (tertiary/aromatic N) is 6. The number of likely N-dealkylation sites (tertiary alicyclic amines) is 1. The summed E-state index contributed by atoms with van der Waals surface area (Å²) in [4.78, 5) is 14.9. The van der Waals surface area contributed by atoms with Crippen molar-refractivity contribution in [2.24, 2.45) is 0 Å². The molecule has 0 spiro atoms. The molecule has 2 aliphatic rings. The Bertz CT molecular complexity index is 949. The molecule has 1 saturated heterocycles. The van der Waals surface area contributed by atoms with Crippen LogP contribution >= 0.6 is 0 Å². The zero-order chi connectivity index (χ0) is 20.1. The number of fused-ring (bicyclic) bond motifs is 1. The second kappa shape index (κ2) is 9.14. The van der Waals surface area contributed by atoms with Gasteiger partial charge in [0.1, 0.15) is 6.07 Å². The van der Waals surface area contributed by atoms with Crippen LogP contribution in [0.1, 0.15) is 48.9 Å². The molecule has 1 fully saturated rings. The Hall–Kier alpha value is -2.79. The molecule has 2 aromatic rings. The number of piperidine rings is 1. The summed E-state index contributed by atoms with van der Waals surface area (Å²) in [7, 11) is 0. The number of nitriles is 1. The summed E-state index contributed by atoms with van der Waals surface area (Å²) in [5.74, 6) is 0.535. The van der Waals surface area contributed by atoms with Crippen molar-refractivity contribution in [3.8, 4) is 6.07 Å². The van der Waals surface area contributed by atoms with E-state index in [0.29, 0.717) is 30.5 Å². The first-order valence-corrected chi connectivity index (χ1v) is 10.5. The van der Waals surface area contributed by atoms with Crippen LogP contribution in [0, 0.1) is 11.3 Å². The quantitative estimate of drug-likeness (QED) is 0.798. The average Bonchev–Trinajstić information content (AvgIpc) is 2.77. The summed E-state index contributed by atoms with van der Waals surface area (Å²) in [6.07, 6.45) is 9.23. The van der Waals surface area contributed by atoms with Gasteiger partial charge in [-0.15, -0.1) is 5.10 Å². The van der Waals surface area contributed by atoms with Crippen LogP contribution in [0.25, 0.3) is 0 Å². The lowest BCUT2D eigenvalue weighted by molar-refractivity contribution is 0.147. The number of hydrogen-bond acceptors (Lipinski definition) is 7. The summed E-state index contributed by atoms with van der Waals surface area (Å²) >= 11 is 0. The lowest BCUT2D eigenvalue weighted by atomic mass is 9.97. The van der Waals surface area contributed by atoms with Gasteiger partial charge in [-0.3, -0.25) is 9.69 Å². The number of nitrogens with one attached hydrogen (secondary N) is 1. The van der Waals surface area contributed by atoms with Crippen LogP contribution in [-0.2, 0) is 19.4 Å². The van der Waals surface area contributed by atoms with Crippen molar-refractivity contribution in [3.63, 3.8) is 0 Å². The van der Waals surface area contributed by atoms with E-state index in [4.69, 9.17) is 0 Å². The van der Waals surface area contributed by atoms with E-state index in [1.807, 2.05) is 0 Å². The summed E-state index contributed by atoms with van der Waals surface area (Å²) < 4.78 is 1.64. The highest BCUT2D eigenvalue weighted by atomic mass is 16.1. The Morgan fingerprint density at radius 1 is 1.21 bits per heavy atom. The van der Waals surface area contributed by atoms with Gasteiger partial charge in [0.15, 0.2) is 5.82 Å². The van der Waals surface area contributed by atoms with Crippen molar-refractivity contribution in [3.05, 3.63) is 45.5 Å². The fraction of sp³-hybridized carbons (Fsp3) is 0.571. The van der Waals surface area contributed by atoms with Crippen LogP contribution in [0.15, 0.2) is 23.1 Å². The van der Waals surface area contributed by atoms with Gasteiger partial charge < -0.3 is 5.32 Å². The molecule has 0 bridgehead atoms. The van der Waals surface area contributed by atoms with E-state index in [1.165, 1.54) is 12.6 Å². The molecule has 2 aromatic heterocycles. The smallest absolute Gasteiger partial charge is 0.267 e. The van der Waals surface area contributed by atoms with Crippen molar-refractivity contribution in [2.75, 3.05) is 25.0 Å². The van der Waals surface area contributed by atoms with E-state index in [1.54, 1.807) is 16.8 Å². The molecular weight excluding hydrogens is 366 g/mol. The van der Waals surface area contributed by atoms with Crippen molar-refractivity contribution in [2.45, 2.75) is 57.5 Å². The summed E-state index contributed by atoms with van der Waals surface area (Å²) in [6, 6.07) is 5.94. The topological polar surface area (TPSA) is 99.7 Å². The van der Waals surface area contributed by atoms with Gasteiger partial charge in [0, 0.05) is 25.2 Å². The SMILES string of the molecule is N#Cc1ccnnc1NCC1CCCCN1CCn1nc2c(cc1=O)CCCC2. The highest BCUT2D eigenvalue weighted by Gasteiger charge is 2.23. The standard InChI is InChI=1S/C21H27N7O/c22-14-17-8-9-24-25-21(17)23-15-18-6-3-4-10-27(18)11-12-28-20(29)13-16-5-1-2-7-19(16)26-28/h8-9,13,18H,1-7,10-12,15H2,(H,23,25). The van der Waals surface area contributed by atoms with E-state index in [0.717, 1.165) is 62.9 Å². The van der Waals surface area contributed by atoms with Gasteiger partial charge in [0.25, 0.3) is 5.56 Å². The molecule has 3 heterocycles. The second-order valence-electron chi connectivity index (χ2n) is 7.86. The number of rotatable bonds is 6. The van der Waals surface area contributed by atoms with E-state index < -0.39 is 0 Å². The van der Waals surface area contributed by atoms with Crippen molar-refractivity contribution in [1.29, 1.82) is 5.26 Å². The molecule has 1 N–H and O–H groups in total. The van der Waals surface area contributed by atoms with Crippen LogP contribution < -0.4 is 10.9 Å². The fourth-order valence-electron chi connectivity index (χ4n) is 4.34. The predicted octanol–water partition coefficient (Wildman–Crippen LogP) is 1.75. The summed E-state index contributed by atoms with van der Waals surface area (Å²) in [6.45, 7) is 3.12. The molecule has 8 nitrogen and oxygen atoms in total. The Kier molecular flexibility index (Phi) is 6.15. The molecule has 0 saturated carbocycles. The maximum Gasteiger partial charge on any atom is 0.267 e. The van der Waals surface area contributed by atoms with Crippen LogP contribution in [0.5, 0.6) is 0 Å². The van der Waals surface area contributed by atoms with Crippen LogP contribution in [0.3, 0.4) is 0 Å². The molecule has 0 amide bonds. The third kappa shape index (κ3) is 4.62. The highest BCUT2D eigenvalue weighted by molar-refractivity contribution is 5.50. The van der Waals surface area contributed by atoms with Gasteiger partial charge >= 0.3 is 0 Å². The van der Waals surface area contributed by atoms with Gasteiger partial charge in [-0.2, -0.15) is 15.5 Å². The number of aromatic nitrogens is 4. The van der Waals surface area contributed by atoms with Crippen molar-refractivity contribution in [1.82, 2.24) is 24.9 Å². The summed E-state index contributed by atoms with van der Waals surface area (Å²) in [5.41, 5.74) is 2.75. The number of aryl methyl sites for hydroxylation is 2. The molecule has 1 aliphatic heterocycles. The van der Waals surface area contributed by atoms with Crippen LogP contribution in [-0.4, -0.2) is 50.6 Å². The zero-order valence-electron chi connectivity index (χ0n) is 16.7. The van der Waals surface area contributed by atoms with Crippen molar-refractivity contribution >= 4 is 5.82 Å². The minimum atomic E-state index is 0.00977. The minimum Gasteiger partial charge on any atom is -0.366 e. The number of hydrogen-bond donors (Lipinski definition) is 1. The molecule has 29 heavy (non-hydrogen) atoms. The van der Waals surface area contributed by atoms with Gasteiger partial charge in [0.05, 0.1) is 24.0 Å². The molecule has 1 atom stereocenters. The monoisotopic (exact) mass is 393 g/mol. The lowest BCUT2D eigenvalue weighted by Crippen LogP contribution is -2.46. The first kappa shape index (κ1) is 19.5. The lowest BCUT2D eigenvalue weighted by Gasteiger charge is -2.36. The predicted molar refractivity (Wildman–Crippen MR) is 110 cm³/mol. The van der Waals surface area contributed by atoms with E-state index in [9.17, 15) is 10.1 Å². The van der Waals surface area contributed by atoms with Gasteiger partial charge in [0.2, 0.25) is 0 Å². The maximum atomic E-state index is 12.5. The molecule has 0 radical (unpaired) electrons. The van der Waals surface area contributed by atoms with E-state index >= 15 is 0 Å². The molecule has 152 valence electrons. The maximum absolute atomic E-state index is 12.5. The van der Waals surface area contributed by atoms with Crippen LogP contribution in [0.2, 0.25) is 0 Å². The molecule has 1 aliphatic carbocycles. The molecule has 1 unspecified atom stereocenters. The van der Waals surface area contributed by atoms with Crippen molar-refractivity contribution < 1.29 is 0 Å². The summed E-state index contributed by atoms with van der Waals surface area (Å²) in [5, 5.41) is 25.1. The van der Waals surface area contributed by atoms with Crippen LogP contribution in [0.4, 0.5) is 5.82 Å². The van der Waals surface area contributed by atoms with E-state index in [-0.39, 0.29) is 5.56 Å². The van der Waals surface area contributed by atoms with Gasteiger partial charge in [-0.1, -0.05) is 6.42 Å². The minimum absolute atomic E-state index is 0.00977. The Balaban J connectivity index is 1.39. The average molecular weight is 393 g/mol. The molecule has 4 rings (SSSR count). The van der Waals surface area contributed by atoms with E-state index in [2.05, 4.69) is 31.6 Å². The first-order chi connectivity index (χ1) is 14.2. The first-order valence-electron chi connectivity index (χ1n) is 10.5. The normalized spacial score (nSPS) is 19.3. The largest absolute Gasteiger partial charge is 0.366 e. The fourth-order valence-corrected chi connectivity index (χ4v) is 4.34. The van der Waals surface area contributed by atoms with Gasteiger partial charge in [-0.25, -0.2) is 4.68 Å². The Morgan fingerprint density at radius 2 is 2.10 bits per heavy atom. The Labute approximate surface area is 170 Å². The Morgan fingerprint density at radius 3 is 3.00 bits per heavy atom.